The highest BCUT2D eigenvalue weighted by Crippen LogP contribution is 2.44. The van der Waals surface area contributed by atoms with E-state index in [1.165, 1.54) is 12.7 Å². The average Bonchev–Trinajstić information content (AvgIpc) is 2.79. The highest BCUT2D eigenvalue weighted by molar-refractivity contribution is 6.03. The molecule has 170 valence electrons. The second-order valence-corrected chi connectivity index (χ2v) is 8.50. The van der Waals surface area contributed by atoms with Crippen LogP contribution in [-0.2, 0) is 4.79 Å². The minimum absolute atomic E-state index is 0.00742. The summed E-state index contributed by atoms with van der Waals surface area (Å²) < 4.78 is 22.8. The minimum Gasteiger partial charge on any atom is -0.496 e. The van der Waals surface area contributed by atoms with Crippen LogP contribution in [0.25, 0.3) is 0 Å². The number of amides is 1. The van der Waals surface area contributed by atoms with Crippen molar-refractivity contribution in [1.29, 1.82) is 0 Å². The van der Waals surface area contributed by atoms with Crippen molar-refractivity contribution in [2.75, 3.05) is 33.9 Å². The fourth-order valence-electron chi connectivity index (χ4n) is 4.33. The number of ketones is 1. The van der Waals surface area contributed by atoms with Crippen LogP contribution in [0.15, 0.2) is 30.3 Å². The predicted octanol–water partition coefficient (Wildman–Crippen LogP) is 3.73. The number of rotatable bonds is 5. The first kappa shape index (κ1) is 22.0. The Morgan fingerprint density at radius 1 is 1.03 bits per heavy atom. The van der Waals surface area contributed by atoms with E-state index >= 15 is 0 Å². The molecule has 1 amide bonds. The zero-order chi connectivity index (χ0) is 22.9. The highest BCUT2D eigenvalue weighted by Gasteiger charge is 2.45. The van der Waals surface area contributed by atoms with Gasteiger partial charge in [-0.3, -0.25) is 9.59 Å². The van der Waals surface area contributed by atoms with Crippen LogP contribution in [0.3, 0.4) is 0 Å². The van der Waals surface area contributed by atoms with Gasteiger partial charge in [-0.25, -0.2) is 0 Å². The predicted molar refractivity (Wildman–Crippen MR) is 119 cm³/mol. The summed E-state index contributed by atoms with van der Waals surface area (Å²) in [5, 5.41) is 0. The smallest absolute Gasteiger partial charge is 0.260 e. The number of aryl methyl sites for hydroxylation is 2. The molecule has 1 spiro atoms. The van der Waals surface area contributed by atoms with Crippen molar-refractivity contribution in [3.8, 4) is 23.0 Å². The number of ether oxygens (including phenoxy) is 4. The van der Waals surface area contributed by atoms with Crippen molar-refractivity contribution in [3.05, 3.63) is 47.0 Å². The van der Waals surface area contributed by atoms with E-state index in [2.05, 4.69) is 0 Å². The topological polar surface area (TPSA) is 74.3 Å². The van der Waals surface area contributed by atoms with Gasteiger partial charge < -0.3 is 23.8 Å². The third-order valence-electron chi connectivity index (χ3n) is 6.45. The lowest BCUT2D eigenvalue weighted by Gasteiger charge is -2.44. The molecule has 0 unspecified atom stereocenters. The molecule has 0 N–H and O–H groups in total. The Hall–Kier alpha value is -3.22. The molecule has 7 nitrogen and oxygen atoms in total. The molecule has 2 aromatic rings. The van der Waals surface area contributed by atoms with Gasteiger partial charge >= 0.3 is 0 Å². The Morgan fingerprint density at radius 2 is 1.78 bits per heavy atom. The summed E-state index contributed by atoms with van der Waals surface area (Å²) in [4.78, 5) is 27.4. The lowest BCUT2D eigenvalue weighted by Crippen LogP contribution is -2.53. The first-order chi connectivity index (χ1) is 15.3. The van der Waals surface area contributed by atoms with Crippen molar-refractivity contribution in [3.63, 3.8) is 0 Å². The van der Waals surface area contributed by atoms with Crippen molar-refractivity contribution < 1.29 is 28.5 Å². The minimum atomic E-state index is -0.618. The van der Waals surface area contributed by atoms with Crippen LogP contribution in [0.5, 0.6) is 23.0 Å². The standard InChI is InChI=1S/C25H29NO6/c1-16-5-6-18(11-17(16)2)31-15-23(28)26-9-7-25(8-10-26)14-20(27)24-21(30-4)12-19(29-3)13-22(24)32-25/h5-6,11-13H,7-10,14-15H2,1-4H3. The summed E-state index contributed by atoms with van der Waals surface area (Å²) in [6.45, 7) is 5.07. The van der Waals surface area contributed by atoms with Crippen molar-refractivity contribution in [1.82, 2.24) is 4.90 Å². The van der Waals surface area contributed by atoms with E-state index in [9.17, 15) is 9.59 Å². The van der Waals surface area contributed by atoms with E-state index < -0.39 is 5.60 Å². The lowest BCUT2D eigenvalue weighted by molar-refractivity contribution is -0.136. The molecule has 7 heteroatoms. The zero-order valence-corrected chi connectivity index (χ0v) is 19.0. The van der Waals surface area contributed by atoms with E-state index in [1.54, 1.807) is 24.1 Å². The molecule has 1 saturated heterocycles. The van der Waals surface area contributed by atoms with Crippen LogP contribution in [0.2, 0.25) is 0 Å². The Kier molecular flexibility index (Phi) is 6.00. The van der Waals surface area contributed by atoms with Gasteiger partial charge in [-0.05, 0) is 37.1 Å². The number of piperidine rings is 1. The quantitative estimate of drug-likeness (QED) is 0.707. The highest BCUT2D eigenvalue weighted by atomic mass is 16.5. The molecule has 0 radical (unpaired) electrons. The summed E-state index contributed by atoms with van der Waals surface area (Å²) in [6.07, 6.45) is 1.42. The van der Waals surface area contributed by atoms with Crippen molar-refractivity contribution in [2.24, 2.45) is 0 Å². The van der Waals surface area contributed by atoms with E-state index in [1.807, 2.05) is 32.0 Å². The molecule has 0 bridgehead atoms. The van der Waals surface area contributed by atoms with Crippen LogP contribution in [-0.4, -0.2) is 56.1 Å². The third kappa shape index (κ3) is 4.24. The largest absolute Gasteiger partial charge is 0.496 e. The zero-order valence-electron chi connectivity index (χ0n) is 19.0. The fourth-order valence-corrected chi connectivity index (χ4v) is 4.33. The number of carbonyl (C=O) groups excluding carboxylic acids is 2. The molecule has 2 aliphatic rings. The monoisotopic (exact) mass is 439 g/mol. The molecule has 2 heterocycles. The molecule has 0 saturated carbocycles. The molecule has 32 heavy (non-hydrogen) atoms. The van der Waals surface area contributed by atoms with Gasteiger partial charge in [-0.15, -0.1) is 0 Å². The van der Waals surface area contributed by atoms with E-state index in [0.29, 0.717) is 54.5 Å². The number of carbonyl (C=O) groups is 2. The number of methoxy groups -OCH3 is 2. The summed E-state index contributed by atoms with van der Waals surface area (Å²) >= 11 is 0. The number of nitrogens with zero attached hydrogens (tertiary/aromatic N) is 1. The molecule has 0 aromatic heterocycles. The second-order valence-electron chi connectivity index (χ2n) is 8.50. The third-order valence-corrected chi connectivity index (χ3v) is 6.45. The number of hydrogen-bond donors (Lipinski definition) is 0. The van der Waals surface area contributed by atoms with Gasteiger partial charge in [-0.2, -0.15) is 0 Å². The molecule has 4 rings (SSSR count). The van der Waals surface area contributed by atoms with E-state index in [4.69, 9.17) is 18.9 Å². The molecule has 2 aliphatic heterocycles. The molecule has 0 atom stereocenters. The maximum atomic E-state index is 13.0. The Morgan fingerprint density at radius 3 is 2.44 bits per heavy atom. The van der Waals surface area contributed by atoms with Crippen LogP contribution >= 0.6 is 0 Å². The summed E-state index contributed by atoms with van der Waals surface area (Å²) in [5.74, 6) is 2.12. The Bertz CT molecular complexity index is 1040. The van der Waals surface area contributed by atoms with E-state index in [0.717, 1.165) is 5.56 Å². The van der Waals surface area contributed by atoms with Gasteiger partial charge in [-0.1, -0.05) is 6.07 Å². The number of benzene rings is 2. The van der Waals surface area contributed by atoms with Gasteiger partial charge in [0.2, 0.25) is 0 Å². The fraction of sp³-hybridized carbons (Fsp3) is 0.440. The van der Waals surface area contributed by atoms with Crippen LogP contribution < -0.4 is 18.9 Å². The summed E-state index contributed by atoms with van der Waals surface area (Å²) in [7, 11) is 3.09. The van der Waals surface area contributed by atoms with Gasteiger partial charge in [0.1, 0.15) is 34.2 Å². The Labute approximate surface area is 188 Å². The Balaban J connectivity index is 1.40. The van der Waals surface area contributed by atoms with Crippen LogP contribution in [0, 0.1) is 13.8 Å². The summed E-state index contributed by atoms with van der Waals surface area (Å²) in [5.41, 5.74) is 2.15. The van der Waals surface area contributed by atoms with Crippen molar-refractivity contribution in [2.45, 2.75) is 38.7 Å². The molecular formula is C25H29NO6. The van der Waals surface area contributed by atoms with Crippen LogP contribution in [0.4, 0.5) is 0 Å². The van der Waals surface area contributed by atoms with Gasteiger partial charge in [0.05, 0.1) is 20.6 Å². The molecule has 1 fully saturated rings. The molecular weight excluding hydrogens is 410 g/mol. The van der Waals surface area contributed by atoms with Crippen LogP contribution in [0.1, 0.15) is 40.7 Å². The second kappa shape index (κ2) is 8.73. The number of likely N-dealkylation sites (tertiary alicyclic amines) is 1. The maximum absolute atomic E-state index is 13.0. The maximum Gasteiger partial charge on any atom is 0.260 e. The molecule has 2 aromatic carbocycles. The number of hydrogen-bond acceptors (Lipinski definition) is 6. The lowest BCUT2D eigenvalue weighted by atomic mass is 9.82. The van der Waals surface area contributed by atoms with Gasteiger partial charge in [0.15, 0.2) is 12.4 Å². The first-order valence-electron chi connectivity index (χ1n) is 10.8. The van der Waals surface area contributed by atoms with Gasteiger partial charge in [0.25, 0.3) is 5.91 Å². The summed E-state index contributed by atoms with van der Waals surface area (Å²) in [6, 6.07) is 9.22. The average molecular weight is 440 g/mol. The van der Waals surface area contributed by atoms with Crippen molar-refractivity contribution >= 4 is 11.7 Å². The molecule has 0 aliphatic carbocycles. The SMILES string of the molecule is COc1cc(OC)c2c(c1)OC1(CCN(C(=O)COc3ccc(C)c(C)c3)CC1)CC2=O. The van der Waals surface area contributed by atoms with E-state index in [-0.39, 0.29) is 24.7 Å². The normalized spacial score (nSPS) is 16.9. The van der Waals surface area contributed by atoms with Gasteiger partial charge in [0, 0.05) is 38.1 Å². The first-order valence-corrected chi connectivity index (χ1v) is 10.8. The number of Topliss-reactive ketones (excluding diaryl/α,β-unsaturated/α-hetero) is 1. The number of fused-ring (bicyclic) bond motifs is 1.